The molecule has 0 saturated heterocycles. The van der Waals surface area contributed by atoms with E-state index in [1.54, 1.807) is 0 Å². The molecule has 0 fully saturated rings. The van der Waals surface area contributed by atoms with Crippen molar-refractivity contribution in [1.29, 1.82) is 0 Å². The van der Waals surface area contributed by atoms with Crippen LogP contribution >= 0.6 is 0 Å². The summed E-state index contributed by atoms with van der Waals surface area (Å²) in [5.74, 6) is 1.60. The highest BCUT2D eigenvalue weighted by Crippen LogP contribution is 2.24. The second-order valence-electron chi connectivity index (χ2n) is 5.26. The molecule has 2 amide bonds. The van der Waals surface area contributed by atoms with Gasteiger partial charge in [0.15, 0.2) is 0 Å². The molecule has 0 unspecified atom stereocenters. The van der Waals surface area contributed by atoms with E-state index in [0.717, 1.165) is 4.90 Å². The predicted octanol–water partition coefficient (Wildman–Crippen LogP) is 1.40. The summed E-state index contributed by atoms with van der Waals surface area (Å²) in [4.78, 5) is 23.5. The van der Waals surface area contributed by atoms with Crippen molar-refractivity contribution < 1.29 is 14.7 Å². The number of carbonyl (C=O) groups is 2. The van der Waals surface area contributed by atoms with Crippen LogP contribution in [0.1, 0.15) is 27.7 Å². The Morgan fingerprint density at radius 1 is 1.44 bits per heavy atom. The average molecular weight is 254 g/mol. The van der Waals surface area contributed by atoms with Gasteiger partial charge in [0, 0.05) is 6.54 Å². The van der Waals surface area contributed by atoms with Crippen LogP contribution in [0, 0.1) is 23.7 Å². The minimum atomic E-state index is -1.08. The molecule has 0 rings (SSSR count). The van der Waals surface area contributed by atoms with Crippen LogP contribution in [0.15, 0.2) is 0 Å². The Kier molecular flexibility index (Phi) is 6.24. The molecule has 0 aliphatic heterocycles. The molecule has 0 bridgehead atoms. The van der Waals surface area contributed by atoms with E-state index in [4.69, 9.17) is 11.5 Å². The van der Waals surface area contributed by atoms with E-state index in [1.807, 2.05) is 13.8 Å². The molecule has 2 N–H and O–H groups in total. The van der Waals surface area contributed by atoms with E-state index in [0.29, 0.717) is 12.5 Å². The zero-order valence-corrected chi connectivity index (χ0v) is 11.5. The number of carbonyl (C=O) groups excluding carboxylic acids is 1. The molecule has 0 aliphatic carbocycles. The van der Waals surface area contributed by atoms with E-state index in [9.17, 15) is 9.59 Å². The number of hydrogen-bond acceptors (Lipinski definition) is 2. The van der Waals surface area contributed by atoms with Crippen molar-refractivity contribution in [3.63, 3.8) is 0 Å². The van der Waals surface area contributed by atoms with Gasteiger partial charge in [0.05, 0.1) is 6.54 Å². The fourth-order valence-electron chi connectivity index (χ4n) is 1.09. The second kappa shape index (κ2) is 6.90. The predicted molar refractivity (Wildman–Crippen MR) is 70.1 cm³/mol. The number of terminal acetylenes is 1. The van der Waals surface area contributed by atoms with Crippen LogP contribution in [0.3, 0.4) is 0 Å². The first-order valence-corrected chi connectivity index (χ1v) is 5.88. The van der Waals surface area contributed by atoms with Crippen LogP contribution in [0.4, 0.5) is 4.79 Å². The molecular weight excluding hydrogens is 232 g/mol. The van der Waals surface area contributed by atoms with Gasteiger partial charge in [-0.3, -0.25) is 4.79 Å². The molecular formula is C13H22N2O3. The normalized spacial score (nSPS) is 10.9. The second-order valence-corrected chi connectivity index (χ2v) is 5.26. The molecule has 18 heavy (non-hydrogen) atoms. The minimum Gasteiger partial charge on any atom is -0.480 e. The lowest BCUT2D eigenvalue weighted by atomic mass is 9.81. The van der Waals surface area contributed by atoms with Gasteiger partial charge in [0.25, 0.3) is 0 Å². The third-order valence-corrected chi connectivity index (χ3v) is 3.15. The van der Waals surface area contributed by atoms with Crippen LogP contribution in [-0.4, -0.2) is 41.6 Å². The summed E-state index contributed by atoms with van der Waals surface area (Å²) in [5, 5.41) is 11.4. The number of urea groups is 1. The minimum absolute atomic E-state index is 0.0137. The van der Waals surface area contributed by atoms with Gasteiger partial charge in [-0.2, -0.15) is 0 Å². The van der Waals surface area contributed by atoms with Crippen molar-refractivity contribution in [2.24, 2.45) is 11.3 Å². The van der Waals surface area contributed by atoms with E-state index in [1.165, 1.54) is 0 Å². The average Bonchev–Trinajstić information content (AvgIpc) is 2.24. The van der Waals surface area contributed by atoms with Crippen molar-refractivity contribution in [2.75, 3.05) is 19.6 Å². The summed E-state index contributed by atoms with van der Waals surface area (Å²) in [6, 6.07) is -0.441. The van der Waals surface area contributed by atoms with E-state index < -0.39 is 18.5 Å². The smallest absolute Gasteiger partial charge is 0.323 e. The summed E-state index contributed by atoms with van der Waals surface area (Å²) >= 11 is 0. The molecule has 0 aromatic rings. The Morgan fingerprint density at radius 2 is 2.00 bits per heavy atom. The van der Waals surface area contributed by atoms with Gasteiger partial charge in [-0.15, -0.1) is 6.42 Å². The third-order valence-electron chi connectivity index (χ3n) is 3.15. The first-order chi connectivity index (χ1) is 8.20. The van der Waals surface area contributed by atoms with Gasteiger partial charge in [-0.1, -0.05) is 33.6 Å². The summed E-state index contributed by atoms with van der Waals surface area (Å²) < 4.78 is 0. The fourth-order valence-corrected chi connectivity index (χ4v) is 1.09. The van der Waals surface area contributed by atoms with Crippen LogP contribution in [0.25, 0.3) is 0 Å². The number of nitrogens with one attached hydrogen (secondary N) is 1. The standard InChI is InChI=1S/C13H22N2O3/c1-6-7-15(8-11(16)17)12(18)14-9-13(4,5)10(2)3/h1,10H,7-9H2,2-5H3,(H,14,18)(H,16,17). The van der Waals surface area contributed by atoms with Gasteiger partial charge in [0.2, 0.25) is 0 Å². The highest BCUT2D eigenvalue weighted by Gasteiger charge is 2.24. The highest BCUT2D eigenvalue weighted by atomic mass is 16.4. The maximum absolute atomic E-state index is 11.8. The molecule has 0 saturated carbocycles. The molecule has 0 aromatic carbocycles. The van der Waals surface area contributed by atoms with E-state index in [2.05, 4.69) is 25.1 Å². The van der Waals surface area contributed by atoms with Crippen LogP contribution in [0.5, 0.6) is 0 Å². The van der Waals surface area contributed by atoms with E-state index in [-0.39, 0.29) is 12.0 Å². The summed E-state index contributed by atoms with van der Waals surface area (Å²) in [7, 11) is 0. The Morgan fingerprint density at radius 3 is 2.39 bits per heavy atom. The molecule has 0 atom stereocenters. The quantitative estimate of drug-likeness (QED) is 0.704. The van der Waals surface area contributed by atoms with Gasteiger partial charge in [-0.25, -0.2) is 4.79 Å². The molecule has 102 valence electrons. The molecule has 0 aliphatic rings. The Hall–Kier alpha value is -1.70. The van der Waals surface area contributed by atoms with Crippen LogP contribution in [0.2, 0.25) is 0 Å². The molecule has 0 radical (unpaired) electrons. The topological polar surface area (TPSA) is 69.6 Å². The first-order valence-electron chi connectivity index (χ1n) is 5.88. The Labute approximate surface area is 109 Å². The summed E-state index contributed by atoms with van der Waals surface area (Å²) in [5.41, 5.74) is -0.0549. The summed E-state index contributed by atoms with van der Waals surface area (Å²) in [6.07, 6.45) is 5.11. The fraction of sp³-hybridized carbons (Fsp3) is 0.692. The number of amides is 2. The monoisotopic (exact) mass is 254 g/mol. The molecule has 5 heteroatoms. The SMILES string of the molecule is C#CCN(CC(=O)O)C(=O)NCC(C)(C)C(C)C. The maximum atomic E-state index is 11.8. The maximum Gasteiger partial charge on any atom is 0.323 e. The number of carboxylic acids is 1. The lowest BCUT2D eigenvalue weighted by Gasteiger charge is -2.30. The van der Waals surface area contributed by atoms with Gasteiger partial charge < -0.3 is 15.3 Å². The van der Waals surface area contributed by atoms with Crippen LogP contribution < -0.4 is 5.32 Å². The molecule has 5 nitrogen and oxygen atoms in total. The van der Waals surface area contributed by atoms with E-state index >= 15 is 0 Å². The van der Waals surface area contributed by atoms with Crippen molar-refractivity contribution >= 4 is 12.0 Å². The van der Waals surface area contributed by atoms with Gasteiger partial charge >= 0.3 is 12.0 Å². The molecule has 0 heterocycles. The highest BCUT2D eigenvalue weighted by molar-refractivity contribution is 5.80. The Bertz CT molecular complexity index is 343. The zero-order valence-electron chi connectivity index (χ0n) is 11.5. The van der Waals surface area contributed by atoms with Gasteiger partial charge in [0.1, 0.15) is 6.54 Å². The third kappa shape index (κ3) is 5.58. The largest absolute Gasteiger partial charge is 0.480 e. The van der Waals surface area contributed by atoms with Crippen molar-refractivity contribution in [3.05, 3.63) is 0 Å². The number of hydrogen-bond donors (Lipinski definition) is 2. The molecule has 0 spiro atoms. The summed E-state index contributed by atoms with van der Waals surface area (Å²) in [6.45, 7) is 8.30. The number of carboxylic acid groups (broad SMARTS) is 1. The van der Waals surface area contributed by atoms with Crippen molar-refractivity contribution in [1.82, 2.24) is 10.2 Å². The van der Waals surface area contributed by atoms with Gasteiger partial charge in [-0.05, 0) is 11.3 Å². The molecule has 0 aromatic heterocycles. The number of rotatable bonds is 6. The lowest BCUT2D eigenvalue weighted by molar-refractivity contribution is -0.137. The van der Waals surface area contributed by atoms with Crippen LogP contribution in [-0.2, 0) is 4.79 Å². The first kappa shape index (κ1) is 16.3. The van der Waals surface area contributed by atoms with Crippen molar-refractivity contribution in [3.8, 4) is 12.3 Å². The Balaban J connectivity index is 4.44. The lowest BCUT2D eigenvalue weighted by Crippen LogP contribution is -2.46. The number of nitrogens with zero attached hydrogens (tertiary/aromatic N) is 1. The number of aliphatic carboxylic acids is 1. The zero-order chi connectivity index (χ0) is 14.3. The van der Waals surface area contributed by atoms with Crippen molar-refractivity contribution in [2.45, 2.75) is 27.7 Å².